The summed E-state index contributed by atoms with van der Waals surface area (Å²) in [7, 11) is 1.52. The van der Waals surface area contributed by atoms with Crippen LogP contribution < -0.4 is 5.32 Å². The van der Waals surface area contributed by atoms with Gasteiger partial charge in [-0.05, 0) is 23.5 Å². The number of hydrogen-bond donors (Lipinski definition) is 1. The summed E-state index contributed by atoms with van der Waals surface area (Å²) in [5.74, 6) is 0.366. The zero-order valence-corrected chi connectivity index (χ0v) is 12.5. The fraction of sp³-hybridized carbons (Fsp3) is 0.222. The maximum atomic E-state index is 11.2. The Labute approximate surface area is 129 Å². The lowest BCUT2D eigenvalue weighted by molar-refractivity contribution is 0.153. The number of hydrogen-bond acceptors (Lipinski definition) is 3. The minimum absolute atomic E-state index is 0.366. The number of nitrogens with one attached hydrogen (secondary N) is 1. The average molecular weight is 294 g/mol. The number of benzene rings is 2. The molecule has 1 unspecified atom stereocenters. The van der Waals surface area contributed by atoms with Crippen LogP contribution in [0.2, 0.25) is 0 Å². The van der Waals surface area contributed by atoms with E-state index in [-0.39, 0.29) is 0 Å². The van der Waals surface area contributed by atoms with Gasteiger partial charge in [-0.15, -0.1) is 0 Å². The van der Waals surface area contributed by atoms with Gasteiger partial charge in [0.1, 0.15) is 0 Å². The first-order chi connectivity index (χ1) is 10.8. The Bertz CT molecular complexity index is 695. The molecule has 0 aromatic heterocycles. The number of carbonyl (C=O) groups excluding carboxylic acids is 1. The standard InChI is InChI=1S/C18H18N2O2/c1-19-18(21)22-20-17-12-14(11-13-7-3-2-4-8-13)15-9-5-6-10-16(15)17/h2-10,14H,11-12H2,1H3,(H,19,21)/b20-17-. The third-order valence-electron chi connectivity index (χ3n) is 3.92. The Morgan fingerprint density at radius 3 is 2.68 bits per heavy atom. The van der Waals surface area contributed by atoms with Gasteiger partial charge in [0.05, 0.1) is 5.71 Å². The molecule has 1 atom stereocenters. The molecule has 112 valence electrons. The molecule has 0 fully saturated rings. The second-order valence-corrected chi connectivity index (χ2v) is 5.34. The van der Waals surface area contributed by atoms with Crippen molar-refractivity contribution in [2.24, 2.45) is 5.16 Å². The molecule has 2 aromatic rings. The van der Waals surface area contributed by atoms with E-state index in [2.05, 4.69) is 40.8 Å². The van der Waals surface area contributed by atoms with Gasteiger partial charge in [0.15, 0.2) is 0 Å². The van der Waals surface area contributed by atoms with E-state index in [1.807, 2.05) is 24.3 Å². The molecule has 3 rings (SSSR count). The average Bonchev–Trinajstić information content (AvgIpc) is 2.92. The van der Waals surface area contributed by atoms with Crippen molar-refractivity contribution in [2.75, 3.05) is 7.05 Å². The minimum Gasteiger partial charge on any atom is -0.323 e. The molecule has 22 heavy (non-hydrogen) atoms. The van der Waals surface area contributed by atoms with Crippen molar-refractivity contribution in [3.8, 4) is 0 Å². The van der Waals surface area contributed by atoms with Crippen molar-refractivity contribution in [1.82, 2.24) is 5.32 Å². The maximum Gasteiger partial charge on any atom is 0.433 e. The zero-order valence-electron chi connectivity index (χ0n) is 12.5. The summed E-state index contributed by atoms with van der Waals surface area (Å²) in [4.78, 5) is 16.1. The summed E-state index contributed by atoms with van der Waals surface area (Å²) in [6.07, 6.45) is 1.19. The third-order valence-corrected chi connectivity index (χ3v) is 3.92. The molecule has 0 bridgehead atoms. The fourth-order valence-electron chi connectivity index (χ4n) is 2.88. The molecule has 0 saturated heterocycles. The van der Waals surface area contributed by atoms with Crippen LogP contribution in [-0.4, -0.2) is 18.9 Å². The van der Waals surface area contributed by atoms with Gasteiger partial charge in [0, 0.05) is 19.0 Å². The second-order valence-electron chi connectivity index (χ2n) is 5.34. The number of fused-ring (bicyclic) bond motifs is 1. The van der Waals surface area contributed by atoms with Crippen LogP contribution in [0.15, 0.2) is 59.8 Å². The van der Waals surface area contributed by atoms with Crippen LogP contribution in [0.4, 0.5) is 4.79 Å². The van der Waals surface area contributed by atoms with Gasteiger partial charge in [-0.25, -0.2) is 4.79 Å². The topological polar surface area (TPSA) is 50.7 Å². The Kier molecular flexibility index (Phi) is 4.19. The van der Waals surface area contributed by atoms with Gasteiger partial charge in [0.25, 0.3) is 0 Å². The monoisotopic (exact) mass is 294 g/mol. The van der Waals surface area contributed by atoms with Gasteiger partial charge in [-0.1, -0.05) is 59.8 Å². The van der Waals surface area contributed by atoms with Crippen LogP contribution >= 0.6 is 0 Å². The Morgan fingerprint density at radius 2 is 1.91 bits per heavy atom. The molecule has 1 aliphatic rings. The van der Waals surface area contributed by atoms with Crippen molar-refractivity contribution in [3.05, 3.63) is 71.3 Å². The van der Waals surface area contributed by atoms with E-state index < -0.39 is 6.09 Å². The van der Waals surface area contributed by atoms with E-state index >= 15 is 0 Å². The van der Waals surface area contributed by atoms with E-state index in [1.54, 1.807) is 0 Å². The van der Waals surface area contributed by atoms with Gasteiger partial charge in [-0.2, -0.15) is 0 Å². The lowest BCUT2D eigenvalue weighted by atomic mass is 9.94. The van der Waals surface area contributed by atoms with Crippen LogP contribution in [0.25, 0.3) is 0 Å². The molecular formula is C18H18N2O2. The number of oxime groups is 1. The highest BCUT2D eigenvalue weighted by Crippen LogP contribution is 2.35. The molecule has 4 nitrogen and oxygen atoms in total. The molecule has 4 heteroatoms. The SMILES string of the molecule is CNC(=O)O/N=C1/CC(Cc2ccccc2)c2ccccc21. The molecule has 0 aliphatic heterocycles. The van der Waals surface area contributed by atoms with Gasteiger partial charge < -0.3 is 5.32 Å². The van der Waals surface area contributed by atoms with Crippen molar-refractivity contribution in [2.45, 2.75) is 18.8 Å². The summed E-state index contributed by atoms with van der Waals surface area (Å²) in [6, 6.07) is 18.6. The van der Waals surface area contributed by atoms with E-state index in [0.29, 0.717) is 5.92 Å². The molecule has 0 saturated carbocycles. The van der Waals surface area contributed by atoms with Crippen LogP contribution in [0.5, 0.6) is 0 Å². The lowest BCUT2D eigenvalue weighted by Gasteiger charge is -2.10. The number of carbonyl (C=O) groups is 1. The van der Waals surface area contributed by atoms with Crippen LogP contribution in [0.3, 0.4) is 0 Å². The van der Waals surface area contributed by atoms with E-state index in [1.165, 1.54) is 18.2 Å². The maximum absolute atomic E-state index is 11.2. The number of amides is 1. The van der Waals surface area contributed by atoms with E-state index in [0.717, 1.165) is 24.1 Å². The predicted molar refractivity (Wildman–Crippen MR) is 86.0 cm³/mol. The molecule has 1 aliphatic carbocycles. The Morgan fingerprint density at radius 1 is 1.18 bits per heavy atom. The summed E-state index contributed by atoms with van der Waals surface area (Å²) in [5, 5.41) is 6.43. The smallest absolute Gasteiger partial charge is 0.323 e. The van der Waals surface area contributed by atoms with E-state index in [4.69, 9.17) is 4.84 Å². The predicted octanol–water partition coefficient (Wildman–Crippen LogP) is 3.48. The van der Waals surface area contributed by atoms with Gasteiger partial charge in [0.2, 0.25) is 0 Å². The highest BCUT2D eigenvalue weighted by Gasteiger charge is 2.28. The highest BCUT2D eigenvalue weighted by molar-refractivity contribution is 6.05. The van der Waals surface area contributed by atoms with Crippen molar-refractivity contribution in [1.29, 1.82) is 0 Å². The van der Waals surface area contributed by atoms with Crippen LogP contribution in [0.1, 0.15) is 29.0 Å². The van der Waals surface area contributed by atoms with Crippen LogP contribution in [-0.2, 0) is 11.3 Å². The lowest BCUT2D eigenvalue weighted by Crippen LogP contribution is -2.17. The molecular weight excluding hydrogens is 276 g/mol. The first kappa shape index (κ1) is 14.3. The summed E-state index contributed by atoms with van der Waals surface area (Å²) < 4.78 is 0. The Balaban J connectivity index is 1.84. The normalized spacial score (nSPS) is 18.0. The molecule has 0 radical (unpaired) electrons. The highest BCUT2D eigenvalue weighted by atomic mass is 16.7. The summed E-state index contributed by atoms with van der Waals surface area (Å²) in [6.45, 7) is 0. The molecule has 0 spiro atoms. The Hall–Kier alpha value is -2.62. The first-order valence-electron chi connectivity index (χ1n) is 7.36. The quantitative estimate of drug-likeness (QED) is 0.696. The largest absolute Gasteiger partial charge is 0.433 e. The third kappa shape index (κ3) is 3.01. The minimum atomic E-state index is -0.545. The van der Waals surface area contributed by atoms with Crippen LogP contribution in [0, 0.1) is 0 Å². The van der Waals surface area contributed by atoms with Crippen molar-refractivity contribution >= 4 is 11.8 Å². The van der Waals surface area contributed by atoms with Gasteiger partial charge >= 0.3 is 6.09 Å². The summed E-state index contributed by atoms with van der Waals surface area (Å²) in [5.41, 5.74) is 4.48. The zero-order chi connectivity index (χ0) is 15.4. The molecule has 1 N–H and O–H groups in total. The van der Waals surface area contributed by atoms with Crippen molar-refractivity contribution in [3.63, 3.8) is 0 Å². The van der Waals surface area contributed by atoms with E-state index in [9.17, 15) is 4.79 Å². The molecule has 1 amide bonds. The molecule has 0 heterocycles. The number of rotatable bonds is 3. The molecule has 2 aromatic carbocycles. The fourth-order valence-corrected chi connectivity index (χ4v) is 2.88. The number of nitrogens with zero attached hydrogens (tertiary/aromatic N) is 1. The summed E-state index contributed by atoms with van der Waals surface area (Å²) >= 11 is 0. The first-order valence-corrected chi connectivity index (χ1v) is 7.36. The van der Waals surface area contributed by atoms with Crippen molar-refractivity contribution < 1.29 is 9.63 Å². The second kappa shape index (κ2) is 6.43. The van der Waals surface area contributed by atoms with Gasteiger partial charge in [-0.3, -0.25) is 4.84 Å².